The van der Waals surface area contributed by atoms with Gasteiger partial charge in [-0.25, -0.2) is 4.79 Å². The van der Waals surface area contributed by atoms with Gasteiger partial charge in [-0.3, -0.25) is 14.9 Å². The predicted octanol–water partition coefficient (Wildman–Crippen LogP) is 2.65. The van der Waals surface area contributed by atoms with Crippen molar-refractivity contribution < 1.29 is 19.1 Å². The highest BCUT2D eigenvalue weighted by Gasteiger charge is 2.24. The van der Waals surface area contributed by atoms with Gasteiger partial charge in [-0.2, -0.15) is 0 Å². The van der Waals surface area contributed by atoms with Crippen molar-refractivity contribution in [2.75, 3.05) is 69.7 Å². The normalized spacial score (nSPS) is 16.8. The van der Waals surface area contributed by atoms with Crippen LogP contribution in [-0.4, -0.2) is 87.2 Å². The van der Waals surface area contributed by atoms with E-state index in [9.17, 15) is 14.4 Å². The fourth-order valence-corrected chi connectivity index (χ4v) is 4.56. The van der Waals surface area contributed by atoms with Gasteiger partial charge in [0.1, 0.15) is 0 Å². The quantitative estimate of drug-likeness (QED) is 0.700. The minimum absolute atomic E-state index is 0.0215. The lowest BCUT2D eigenvalue weighted by molar-refractivity contribution is 0.0759. The van der Waals surface area contributed by atoms with E-state index in [0.717, 1.165) is 38.2 Å². The summed E-state index contributed by atoms with van der Waals surface area (Å²) in [6.07, 6.45) is 1.10. The van der Waals surface area contributed by atoms with E-state index in [-0.39, 0.29) is 11.8 Å². The van der Waals surface area contributed by atoms with Crippen LogP contribution in [0.25, 0.3) is 0 Å². The number of anilines is 2. The molecule has 0 unspecified atom stereocenters. The molecule has 0 bridgehead atoms. The molecule has 0 atom stereocenters. The van der Waals surface area contributed by atoms with Crippen LogP contribution in [0, 0.1) is 0 Å². The van der Waals surface area contributed by atoms with Gasteiger partial charge in [-0.1, -0.05) is 18.2 Å². The molecular weight excluding hydrogens is 446 g/mol. The van der Waals surface area contributed by atoms with Gasteiger partial charge >= 0.3 is 6.09 Å². The molecule has 0 spiro atoms. The minimum atomic E-state index is -0.592. The number of carbonyl (C=O) groups excluding carboxylic acids is 3. The Morgan fingerprint density at radius 1 is 0.800 bits per heavy atom. The lowest BCUT2D eigenvalue weighted by Gasteiger charge is -2.27. The van der Waals surface area contributed by atoms with Gasteiger partial charge in [-0.15, -0.1) is 0 Å². The largest absolute Gasteiger partial charge is 0.453 e. The third-order valence-electron chi connectivity index (χ3n) is 6.44. The third-order valence-corrected chi connectivity index (χ3v) is 6.44. The molecule has 9 heteroatoms. The van der Waals surface area contributed by atoms with Crippen molar-refractivity contribution in [3.8, 4) is 0 Å². The van der Waals surface area contributed by atoms with Crippen LogP contribution in [0.15, 0.2) is 48.5 Å². The Morgan fingerprint density at radius 2 is 1.54 bits per heavy atom. The SMILES string of the molecule is COC(=O)Nc1cc(C(=O)N2CCCNCC2)ccc1N1CCCN(C(=O)c2ccccc2)CC1. The molecule has 35 heavy (non-hydrogen) atoms. The number of benzene rings is 2. The molecule has 2 N–H and O–H groups in total. The summed E-state index contributed by atoms with van der Waals surface area (Å²) in [6, 6.07) is 14.7. The first-order valence-electron chi connectivity index (χ1n) is 12.1. The summed E-state index contributed by atoms with van der Waals surface area (Å²) >= 11 is 0. The van der Waals surface area contributed by atoms with Crippen molar-refractivity contribution in [2.24, 2.45) is 0 Å². The zero-order valence-corrected chi connectivity index (χ0v) is 20.2. The summed E-state index contributed by atoms with van der Waals surface area (Å²) in [4.78, 5) is 44.0. The van der Waals surface area contributed by atoms with Gasteiger partial charge in [0.15, 0.2) is 0 Å². The zero-order valence-electron chi connectivity index (χ0n) is 20.2. The first-order valence-corrected chi connectivity index (χ1v) is 12.1. The molecule has 2 heterocycles. The summed E-state index contributed by atoms with van der Waals surface area (Å²) in [6.45, 7) is 5.57. The molecule has 3 amide bonds. The van der Waals surface area contributed by atoms with Gasteiger partial charge < -0.3 is 24.8 Å². The molecule has 2 saturated heterocycles. The Labute approximate surface area is 206 Å². The highest BCUT2D eigenvalue weighted by Crippen LogP contribution is 2.29. The lowest BCUT2D eigenvalue weighted by atomic mass is 10.1. The number of nitrogens with one attached hydrogen (secondary N) is 2. The first-order chi connectivity index (χ1) is 17.1. The number of nitrogens with zero attached hydrogens (tertiary/aromatic N) is 3. The van der Waals surface area contributed by atoms with E-state index in [1.165, 1.54) is 7.11 Å². The molecular formula is C26H33N5O4. The van der Waals surface area contributed by atoms with E-state index in [1.54, 1.807) is 6.07 Å². The van der Waals surface area contributed by atoms with Crippen molar-refractivity contribution in [2.45, 2.75) is 12.8 Å². The van der Waals surface area contributed by atoms with Crippen LogP contribution >= 0.6 is 0 Å². The molecule has 2 aliphatic heterocycles. The Morgan fingerprint density at radius 3 is 2.34 bits per heavy atom. The van der Waals surface area contributed by atoms with Crippen molar-refractivity contribution in [1.29, 1.82) is 0 Å². The number of amides is 3. The van der Waals surface area contributed by atoms with Gasteiger partial charge in [0.25, 0.3) is 11.8 Å². The molecule has 0 aliphatic carbocycles. The molecule has 0 saturated carbocycles. The molecule has 2 fully saturated rings. The summed E-state index contributed by atoms with van der Waals surface area (Å²) in [7, 11) is 1.31. The third kappa shape index (κ3) is 6.10. The average molecular weight is 480 g/mol. The molecule has 2 aliphatic rings. The Bertz CT molecular complexity index is 1040. The summed E-state index contributed by atoms with van der Waals surface area (Å²) in [5, 5.41) is 6.09. The van der Waals surface area contributed by atoms with Crippen LogP contribution < -0.4 is 15.5 Å². The predicted molar refractivity (Wildman–Crippen MR) is 135 cm³/mol. The Hall–Kier alpha value is -3.59. The fourth-order valence-electron chi connectivity index (χ4n) is 4.56. The molecule has 9 nitrogen and oxygen atoms in total. The molecule has 0 radical (unpaired) electrons. The number of carbonyl (C=O) groups is 3. The number of ether oxygens (including phenoxy) is 1. The summed E-state index contributed by atoms with van der Waals surface area (Å²) in [5.41, 5.74) is 2.54. The molecule has 186 valence electrons. The standard InChI is InChI=1S/C26H33N5O4/c1-35-26(34)28-22-19-21(25(33)30-13-5-11-27-12-16-30)9-10-23(22)29-14-6-15-31(18-17-29)24(32)20-7-3-2-4-8-20/h2-4,7-10,19,27H,5-6,11-18H2,1H3,(H,28,34). The minimum Gasteiger partial charge on any atom is -0.453 e. The van der Waals surface area contributed by atoms with E-state index >= 15 is 0 Å². The van der Waals surface area contributed by atoms with E-state index in [2.05, 4.69) is 15.5 Å². The topological polar surface area (TPSA) is 94.2 Å². The number of hydrogen-bond acceptors (Lipinski definition) is 6. The average Bonchev–Trinajstić information content (AvgIpc) is 3.32. The Balaban J connectivity index is 1.53. The van der Waals surface area contributed by atoms with E-state index in [0.29, 0.717) is 49.5 Å². The number of rotatable bonds is 4. The zero-order chi connectivity index (χ0) is 24.6. The fraction of sp³-hybridized carbons (Fsp3) is 0.423. The van der Waals surface area contributed by atoms with Crippen LogP contribution in [0.3, 0.4) is 0 Å². The molecule has 0 aromatic heterocycles. The molecule has 2 aromatic rings. The maximum Gasteiger partial charge on any atom is 0.411 e. The van der Waals surface area contributed by atoms with Gasteiger partial charge in [-0.05, 0) is 49.7 Å². The van der Waals surface area contributed by atoms with Crippen molar-refractivity contribution in [3.05, 3.63) is 59.7 Å². The summed E-state index contributed by atoms with van der Waals surface area (Å²) < 4.78 is 4.83. The monoisotopic (exact) mass is 479 g/mol. The first kappa shape index (κ1) is 24.5. The maximum absolute atomic E-state index is 13.2. The van der Waals surface area contributed by atoms with Crippen LogP contribution in [0.2, 0.25) is 0 Å². The van der Waals surface area contributed by atoms with Crippen molar-refractivity contribution in [1.82, 2.24) is 15.1 Å². The molecule has 4 rings (SSSR count). The van der Waals surface area contributed by atoms with Gasteiger partial charge in [0, 0.05) is 56.9 Å². The van der Waals surface area contributed by atoms with Crippen LogP contribution in [0.4, 0.5) is 16.2 Å². The smallest absolute Gasteiger partial charge is 0.411 e. The van der Waals surface area contributed by atoms with Gasteiger partial charge in [0.05, 0.1) is 18.5 Å². The number of methoxy groups -OCH3 is 1. The maximum atomic E-state index is 13.2. The van der Waals surface area contributed by atoms with Crippen LogP contribution in [-0.2, 0) is 4.74 Å². The molecule has 2 aromatic carbocycles. The second kappa shape index (κ2) is 11.7. The highest BCUT2D eigenvalue weighted by atomic mass is 16.5. The second-order valence-electron chi connectivity index (χ2n) is 8.74. The van der Waals surface area contributed by atoms with E-state index in [1.807, 2.05) is 52.3 Å². The van der Waals surface area contributed by atoms with Crippen molar-refractivity contribution >= 4 is 29.3 Å². The summed E-state index contributed by atoms with van der Waals surface area (Å²) in [5.74, 6) is -0.0306. The second-order valence-corrected chi connectivity index (χ2v) is 8.74. The highest BCUT2D eigenvalue weighted by molar-refractivity contribution is 5.99. The van der Waals surface area contributed by atoms with Crippen molar-refractivity contribution in [3.63, 3.8) is 0 Å². The van der Waals surface area contributed by atoms with Gasteiger partial charge in [0.2, 0.25) is 0 Å². The number of hydrogen-bond donors (Lipinski definition) is 2. The van der Waals surface area contributed by atoms with E-state index < -0.39 is 6.09 Å². The van der Waals surface area contributed by atoms with Crippen LogP contribution in [0.1, 0.15) is 33.6 Å². The van der Waals surface area contributed by atoms with E-state index in [4.69, 9.17) is 4.74 Å². The van der Waals surface area contributed by atoms with Crippen LogP contribution in [0.5, 0.6) is 0 Å². The Kier molecular flexibility index (Phi) is 8.20. The lowest BCUT2D eigenvalue weighted by Crippen LogP contribution is -2.35.